The van der Waals surface area contributed by atoms with E-state index in [2.05, 4.69) is 44.2 Å². The second-order valence-corrected chi connectivity index (χ2v) is 10.7. The van der Waals surface area contributed by atoms with E-state index in [0.717, 1.165) is 56.3 Å². The van der Waals surface area contributed by atoms with Crippen molar-refractivity contribution in [2.24, 2.45) is 5.92 Å². The lowest BCUT2D eigenvalue weighted by Crippen LogP contribution is -2.33. The number of hydrogen-bond acceptors (Lipinski definition) is 9. The summed E-state index contributed by atoms with van der Waals surface area (Å²) in [6, 6.07) is 5.49. The average molecular weight is 475 g/mol. The fourth-order valence-electron chi connectivity index (χ4n) is 3.79. The molecule has 0 unspecified atom stereocenters. The van der Waals surface area contributed by atoms with Crippen LogP contribution in [0.1, 0.15) is 44.3 Å². The quantitative estimate of drug-likeness (QED) is 0.547. The molecule has 1 N–H and O–H groups in total. The smallest absolute Gasteiger partial charge is 0.229 e. The van der Waals surface area contributed by atoms with Crippen molar-refractivity contribution in [1.82, 2.24) is 20.1 Å². The van der Waals surface area contributed by atoms with Crippen molar-refractivity contribution in [3.05, 3.63) is 48.1 Å². The van der Waals surface area contributed by atoms with Gasteiger partial charge in [-0.05, 0) is 37.0 Å². The van der Waals surface area contributed by atoms with Gasteiger partial charge in [0.15, 0.2) is 15.7 Å². The molecule has 176 valence electrons. The number of piperidine rings is 1. The molecule has 0 aliphatic carbocycles. The number of hydrogen-bond donors (Lipinski definition) is 1. The number of nitrogens with one attached hydrogen (secondary N) is 1. The van der Waals surface area contributed by atoms with Crippen molar-refractivity contribution in [3.8, 4) is 0 Å². The van der Waals surface area contributed by atoms with Crippen LogP contribution in [0.15, 0.2) is 40.0 Å². The lowest BCUT2D eigenvalue weighted by atomic mass is 9.97. The highest BCUT2D eigenvalue weighted by molar-refractivity contribution is 7.90. The first-order valence-electron chi connectivity index (χ1n) is 10.8. The zero-order valence-electron chi connectivity index (χ0n) is 18.8. The molecule has 1 saturated heterocycles. The highest BCUT2D eigenvalue weighted by Crippen LogP contribution is 2.30. The van der Waals surface area contributed by atoms with Crippen LogP contribution >= 0.6 is 0 Å². The molecule has 33 heavy (non-hydrogen) atoms. The largest absolute Gasteiger partial charge is 0.356 e. The monoisotopic (exact) mass is 474 g/mol. The molecule has 1 fully saturated rings. The van der Waals surface area contributed by atoms with Gasteiger partial charge in [0.25, 0.3) is 0 Å². The second kappa shape index (κ2) is 9.42. The van der Waals surface area contributed by atoms with Crippen LogP contribution in [0.2, 0.25) is 0 Å². The van der Waals surface area contributed by atoms with Crippen LogP contribution in [-0.4, -0.2) is 47.9 Å². The van der Waals surface area contributed by atoms with E-state index in [9.17, 15) is 12.8 Å². The first-order chi connectivity index (χ1) is 15.7. The molecule has 1 aliphatic heterocycles. The Kier molecular flexibility index (Phi) is 6.59. The fourth-order valence-corrected chi connectivity index (χ4v) is 4.42. The Morgan fingerprint density at radius 3 is 2.64 bits per heavy atom. The molecule has 11 heteroatoms. The molecule has 1 aromatic carbocycles. The van der Waals surface area contributed by atoms with Crippen molar-refractivity contribution in [2.75, 3.05) is 29.6 Å². The molecule has 0 saturated carbocycles. The minimum Gasteiger partial charge on any atom is -0.356 e. The fraction of sp³-hybridized carbons (Fsp3) is 0.455. The average Bonchev–Trinajstić information content (AvgIpc) is 3.22. The predicted molar refractivity (Wildman–Crippen MR) is 122 cm³/mol. The third-order valence-electron chi connectivity index (χ3n) is 5.53. The van der Waals surface area contributed by atoms with E-state index in [-0.39, 0.29) is 16.5 Å². The molecule has 3 aromatic rings. The van der Waals surface area contributed by atoms with Crippen LogP contribution in [-0.2, 0) is 16.3 Å². The Morgan fingerprint density at radius 2 is 1.97 bits per heavy atom. The van der Waals surface area contributed by atoms with Crippen molar-refractivity contribution in [3.63, 3.8) is 0 Å². The topological polar surface area (TPSA) is 114 Å². The van der Waals surface area contributed by atoms with Gasteiger partial charge < -0.3 is 14.7 Å². The number of anilines is 3. The Hall–Kier alpha value is -3.08. The first kappa shape index (κ1) is 23.1. The first-order valence-corrected chi connectivity index (χ1v) is 12.7. The summed E-state index contributed by atoms with van der Waals surface area (Å²) in [6.07, 6.45) is 4.98. The van der Waals surface area contributed by atoms with E-state index in [1.165, 1.54) is 18.5 Å². The predicted octanol–water partition coefficient (Wildman–Crippen LogP) is 3.73. The zero-order valence-corrected chi connectivity index (χ0v) is 19.6. The van der Waals surface area contributed by atoms with Gasteiger partial charge in [-0.25, -0.2) is 22.8 Å². The Balaban J connectivity index is 1.40. The molecular formula is C22H27FN6O3S. The van der Waals surface area contributed by atoms with Gasteiger partial charge in [-0.2, -0.15) is 4.98 Å². The highest BCUT2D eigenvalue weighted by atomic mass is 32.2. The number of rotatable bonds is 7. The highest BCUT2D eigenvalue weighted by Gasteiger charge is 2.26. The van der Waals surface area contributed by atoms with Gasteiger partial charge in [0, 0.05) is 37.8 Å². The summed E-state index contributed by atoms with van der Waals surface area (Å²) in [5, 5.41) is 7.00. The zero-order chi connectivity index (χ0) is 23.6. The molecule has 2 aromatic heterocycles. The van der Waals surface area contributed by atoms with E-state index in [1.54, 1.807) is 6.07 Å². The third-order valence-corrected chi connectivity index (χ3v) is 6.64. The number of sulfone groups is 1. The normalized spacial score (nSPS) is 15.2. The Labute approximate surface area is 192 Å². The summed E-state index contributed by atoms with van der Waals surface area (Å²) < 4.78 is 43.1. The maximum atomic E-state index is 14.4. The van der Waals surface area contributed by atoms with Crippen molar-refractivity contribution in [1.29, 1.82) is 0 Å². The maximum Gasteiger partial charge on any atom is 0.229 e. The van der Waals surface area contributed by atoms with Gasteiger partial charge in [-0.3, -0.25) is 0 Å². The minimum absolute atomic E-state index is 0.0747. The molecule has 1 aliphatic rings. The standard InChI is InChI=1S/C22H27FN6O3S/c1-14(2)10-20-27-22(32-28-20)15-6-8-29(9-7-15)21-12-19(24-13-25-21)26-18-5-4-16(11-17(18)23)33(3,30)31/h4-5,11-15H,6-10H2,1-3H3,(H,24,25,26). The summed E-state index contributed by atoms with van der Waals surface area (Å²) in [5.41, 5.74) is 0.138. The van der Waals surface area contributed by atoms with Gasteiger partial charge in [0.1, 0.15) is 23.8 Å². The summed E-state index contributed by atoms with van der Waals surface area (Å²) in [7, 11) is -3.48. The van der Waals surface area contributed by atoms with Crippen LogP contribution in [0.3, 0.4) is 0 Å². The summed E-state index contributed by atoms with van der Waals surface area (Å²) >= 11 is 0. The third kappa shape index (κ3) is 5.65. The Bertz CT molecular complexity index is 1220. The van der Waals surface area contributed by atoms with Gasteiger partial charge >= 0.3 is 0 Å². The summed E-state index contributed by atoms with van der Waals surface area (Å²) in [5.74, 6) is 2.62. The van der Waals surface area contributed by atoms with Crippen LogP contribution in [0, 0.1) is 11.7 Å². The van der Waals surface area contributed by atoms with E-state index in [4.69, 9.17) is 4.52 Å². The molecule has 0 radical (unpaired) electrons. The molecular weight excluding hydrogens is 447 g/mol. The lowest BCUT2D eigenvalue weighted by Gasteiger charge is -2.31. The molecule has 0 amide bonds. The number of aromatic nitrogens is 4. The van der Waals surface area contributed by atoms with Gasteiger partial charge in [0.2, 0.25) is 5.89 Å². The lowest BCUT2D eigenvalue weighted by molar-refractivity contribution is 0.325. The molecule has 9 nitrogen and oxygen atoms in total. The second-order valence-electron chi connectivity index (χ2n) is 8.71. The number of benzene rings is 1. The van der Waals surface area contributed by atoms with Crippen molar-refractivity contribution >= 4 is 27.2 Å². The number of halogens is 1. The summed E-state index contributed by atoms with van der Waals surface area (Å²) in [4.78, 5) is 15.1. The van der Waals surface area contributed by atoms with Crippen molar-refractivity contribution < 1.29 is 17.3 Å². The molecule has 0 bridgehead atoms. The van der Waals surface area contributed by atoms with Crippen LogP contribution < -0.4 is 10.2 Å². The van der Waals surface area contributed by atoms with E-state index in [1.807, 2.05) is 0 Å². The van der Waals surface area contributed by atoms with E-state index >= 15 is 0 Å². The Morgan fingerprint density at radius 1 is 1.21 bits per heavy atom. The summed E-state index contributed by atoms with van der Waals surface area (Å²) in [6.45, 7) is 5.78. The maximum absolute atomic E-state index is 14.4. The SMILES string of the molecule is CC(C)Cc1noc(C2CCN(c3cc(Nc4ccc(S(C)(=O)=O)cc4F)ncn3)CC2)n1. The minimum atomic E-state index is -3.48. The molecule has 4 rings (SSSR count). The van der Waals surface area contributed by atoms with E-state index < -0.39 is 15.7 Å². The van der Waals surface area contributed by atoms with E-state index in [0.29, 0.717) is 17.6 Å². The number of nitrogens with zero attached hydrogens (tertiary/aromatic N) is 5. The van der Waals surface area contributed by atoms with Crippen LogP contribution in [0.5, 0.6) is 0 Å². The van der Waals surface area contributed by atoms with Gasteiger partial charge in [0.05, 0.1) is 10.6 Å². The molecule has 3 heterocycles. The van der Waals surface area contributed by atoms with Crippen LogP contribution in [0.4, 0.5) is 21.7 Å². The van der Waals surface area contributed by atoms with Gasteiger partial charge in [-0.15, -0.1) is 0 Å². The van der Waals surface area contributed by atoms with Crippen molar-refractivity contribution in [2.45, 2.75) is 43.9 Å². The van der Waals surface area contributed by atoms with Crippen LogP contribution in [0.25, 0.3) is 0 Å². The molecule has 0 atom stereocenters. The van der Waals surface area contributed by atoms with Gasteiger partial charge in [-0.1, -0.05) is 19.0 Å². The molecule has 0 spiro atoms.